The van der Waals surface area contributed by atoms with Crippen LogP contribution in [-0.4, -0.2) is 31.4 Å². The van der Waals surface area contributed by atoms with Gasteiger partial charge in [-0.1, -0.05) is 18.2 Å². The Bertz CT molecular complexity index is 287. The molecule has 0 aromatic heterocycles. The monoisotopic (exact) mass is 209 g/mol. The zero-order chi connectivity index (χ0) is 11.1. The Morgan fingerprint density at radius 1 is 1.40 bits per heavy atom. The molecule has 0 bridgehead atoms. The zero-order valence-corrected chi connectivity index (χ0v) is 9.36. The van der Waals surface area contributed by atoms with Gasteiger partial charge >= 0.3 is 0 Å². The number of aliphatic hydroxyl groups is 1. The first kappa shape index (κ1) is 12.0. The van der Waals surface area contributed by atoms with Gasteiger partial charge in [-0.05, 0) is 31.5 Å². The summed E-state index contributed by atoms with van der Waals surface area (Å²) in [5.74, 6) is 0.927. The summed E-state index contributed by atoms with van der Waals surface area (Å²) in [6.07, 6.45) is 0.624. The molecule has 84 valence electrons. The molecule has 0 spiro atoms. The Balaban J connectivity index is 2.36. The number of methoxy groups -OCH3 is 1. The number of ether oxygens (including phenoxy) is 1. The second-order valence-corrected chi connectivity index (χ2v) is 3.61. The summed E-state index contributed by atoms with van der Waals surface area (Å²) < 4.78 is 5.25. The summed E-state index contributed by atoms with van der Waals surface area (Å²) in [5, 5.41) is 12.2. The summed E-state index contributed by atoms with van der Waals surface area (Å²) in [7, 11) is 1.68. The van der Waals surface area contributed by atoms with Crippen LogP contribution < -0.4 is 10.1 Å². The smallest absolute Gasteiger partial charge is 0.122 e. The summed E-state index contributed by atoms with van der Waals surface area (Å²) in [6, 6.07) is 7.99. The van der Waals surface area contributed by atoms with E-state index in [9.17, 15) is 0 Å². The van der Waals surface area contributed by atoms with E-state index in [1.54, 1.807) is 14.0 Å². The molecule has 0 heterocycles. The van der Waals surface area contributed by atoms with E-state index in [2.05, 4.69) is 11.4 Å². The minimum Gasteiger partial charge on any atom is -0.496 e. The molecule has 0 unspecified atom stereocenters. The van der Waals surface area contributed by atoms with Crippen LogP contribution >= 0.6 is 0 Å². The second kappa shape index (κ2) is 6.43. The third-order valence-electron chi connectivity index (χ3n) is 2.20. The highest BCUT2D eigenvalue weighted by atomic mass is 16.5. The molecule has 3 heteroatoms. The molecule has 1 atom stereocenters. The van der Waals surface area contributed by atoms with Crippen molar-refractivity contribution in [3.63, 3.8) is 0 Å². The molecular weight excluding hydrogens is 190 g/mol. The fourth-order valence-corrected chi connectivity index (χ4v) is 1.44. The van der Waals surface area contributed by atoms with Gasteiger partial charge in [-0.2, -0.15) is 0 Å². The van der Waals surface area contributed by atoms with Crippen LogP contribution in [0, 0.1) is 0 Å². The van der Waals surface area contributed by atoms with Gasteiger partial charge in [0.1, 0.15) is 5.75 Å². The largest absolute Gasteiger partial charge is 0.496 e. The van der Waals surface area contributed by atoms with Crippen molar-refractivity contribution in [3.05, 3.63) is 29.8 Å². The van der Waals surface area contributed by atoms with E-state index in [4.69, 9.17) is 9.84 Å². The van der Waals surface area contributed by atoms with Gasteiger partial charge < -0.3 is 15.2 Å². The van der Waals surface area contributed by atoms with Gasteiger partial charge in [0.2, 0.25) is 0 Å². The molecule has 0 aliphatic heterocycles. The quantitative estimate of drug-likeness (QED) is 0.692. The van der Waals surface area contributed by atoms with Crippen LogP contribution in [0.15, 0.2) is 24.3 Å². The Labute approximate surface area is 91.1 Å². The van der Waals surface area contributed by atoms with Crippen molar-refractivity contribution in [1.82, 2.24) is 5.32 Å². The number of rotatable bonds is 6. The van der Waals surface area contributed by atoms with Crippen molar-refractivity contribution in [2.45, 2.75) is 19.4 Å². The fourth-order valence-electron chi connectivity index (χ4n) is 1.44. The molecule has 0 saturated carbocycles. The molecule has 0 aliphatic carbocycles. The number of hydrogen-bond donors (Lipinski definition) is 2. The fraction of sp³-hybridized carbons (Fsp3) is 0.500. The van der Waals surface area contributed by atoms with Crippen LogP contribution in [0.25, 0.3) is 0 Å². The lowest BCUT2D eigenvalue weighted by Gasteiger charge is -2.09. The number of nitrogens with one attached hydrogen (secondary N) is 1. The number of para-hydroxylation sites is 1. The van der Waals surface area contributed by atoms with Crippen LogP contribution in [0.2, 0.25) is 0 Å². The zero-order valence-electron chi connectivity index (χ0n) is 9.36. The third-order valence-corrected chi connectivity index (χ3v) is 2.20. The van der Waals surface area contributed by atoms with Crippen molar-refractivity contribution in [2.24, 2.45) is 0 Å². The molecule has 3 nitrogen and oxygen atoms in total. The summed E-state index contributed by atoms with van der Waals surface area (Å²) >= 11 is 0. The number of benzene rings is 1. The highest BCUT2D eigenvalue weighted by Gasteiger charge is 2.01. The Hall–Kier alpha value is -1.06. The van der Waals surface area contributed by atoms with E-state index in [1.807, 2.05) is 18.2 Å². The molecule has 0 fully saturated rings. The van der Waals surface area contributed by atoms with E-state index >= 15 is 0 Å². The van der Waals surface area contributed by atoms with Crippen LogP contribution in [0.1, 0.15) is 12.5 Å². The standard InChI is InChI=1S/C12H19NO2/c1-10(14)9-13-8-7-11-5-3-4-6-12(11)15-2/h3-6,10,13-14H,7-9H2,1-2H3/t10-/m0/s1. The lowest BCUT2D eigenvalue weighted by molar-refractivity contribution is 0.191. The van der Waals surface area contributed by atoms with Crippen LogP contribution in [0.4, 0.5) is 0 Å². The molecule has 2 N–H and O–H groups in total. The third kappa shape index (κ3) is 4.32. The first-order chi connectivity index (χ1) is 7.24. The van der Waals surface area contributed by atoms with Gasteiger partial charge in [0.25, 0.3) is 0 Å². The Kier molecular flexibility index (Phi) is 5.15. The van der Waals surface area contributed by atoms with E-state index in [-0.39, 0.29) is 6.10 Å². The number of hydrogen-bond acceptors (Lipinski definition) is 3. The number of aliphatic hydroxyl groups excluding tert-OH is 1. The average Bonchev–Trinajstić information content (AvgIpc) is 2.24. The minimum absolute atomic E-state index is 0.289. The summed E-state index contributed by atoms with van der Waals surface area (Å²) in [6.45, 7) is 3.26. The molecule has 1 aromatic carbocycles. The first-order valence-electron chi connectivity index (χ1n) is 5.24. The maximum atomic E-state index is 9.06. The average molecular weight is 209 g/mol. The van der Waals surface area contributed by atoms with Crippen LogP contribution in [0.5, 0.6) is 5.75 Å². The predicted molar refractivity (Wildman–Crippen MR) is 61.2 cm³/mol. The van der Waals surface area contributed by atoms with Crippen LogP contribution in [-0.2, 0) is 6.42 Å². The molecule has 0 saturated heterocycles. The van der Waals surface area contributed by atoms with Crippen LogP contribution in [0.3, 0.4) is 0 Å². The van der Waals surface area contributed by atoms with Crippen molar-refractivity contribution >= 4 is 0 Å². The molecule has 0 amide bonds. The van der Waals surface area contributed by atoms with Gasteiger partial charge in [0.05, 0.1) is 13.2 Å². The first-order valence-corrected chi connectivity index (χ1v) is 5.24. The van der Waals surface area contributed by atoms with Gasteiger partial charge in [0, 0.05) is 6.54 Å². The van der Waals surface area contributed by atoms with Gasteiger partial charge in [-0.25, -0.2) is 0 Å². The van der Waals surface area contributed by atoms with Gasteiger partial charge in [0.15, 0.2) is 0 Å². The van der Waals surface area contributed by atoms with E-state index in [1.165, 1.54) is 5.56 Å². The van der Waals surface area contributed by atoms with Crippen molar-refractivity contribution in [1.29, 1.82) is 0 Å². The van der Waals surface area contributed by atoms with Crippen molar-refractivity contribution < 1.29 is 9.84 Å². The Morgan fingerprint density at radius 2 is 2.13 bits per heavy atom. The summed E-state index contributed by atoms with van der Waals surface area (Å²) in [5.41, 5.74) is 1.19. The maximum Gasteiger partial charge on any atom is 0.122 e. The molecule has 1 aromatic rings. The highest BCUT2D eigenvalue weighted by molar-refractivity contribution is 5.33. The van der Waals surface area contributed by atoms with E-state index in [0.29, 0.717) is 6.54 Å². The predicted octanol–water partition coefficient (Wildman–Crippen LogP) is 1.21. The molecule has 15 heavy (non-hydrogen) atoms. The minimum atomic E-state index is -0.289. The molecular formula is C12H19NO2. The normalized spacial score (nSPS) is 12.5. The van der Waals surface area contributed by atoms with Crippen molar-refractivity contribution in [3.8, 4) is 5.75 Å². The lowest BCUT2D eigenvalue weighted by Crippen LogP contribution is -2.26. The van der Waals surface area contributed by atoms with Gasteiger partial charge in [-0.15, -0.1) is 0 Å². The van der Waals surface area contributed by atoms with Crippen molar-refractivity contribution in [2.75, 3.05) is 20.2 Å². The molecule has 1 rings (SSSR count). The summed E-state index contributed by atoms with van der Waals surface area (Å²) in [4.78, 5) is 0. The lowest BCUT2D eigenvalue weighted by atomic mass is 10.1. The maximum absolute atomic E-state index is 9.06. The highest BCUT2D eigenvalue weighted by Crippen LogP contribution is 2.16. The molecule has 0 aliphatic rings. The Morgan fingerprint density at radius 3 is 2.80 bits per heavy atom. The second-order valence-electron chi connectivity index (χ2n) is 3.61. The molecule has 0 radical (unpaired) electrons. The van der Waals surface area contributed by atoms with E-state index in [0.717, 1.165) is 18.7 Å². The van der Waals surface area contributed by atoms with E-state index < -0.39 is 0 Å². The topological polar surface area (TPSA) is 41.5 Å². The van der Waals surface area contributed by atoms with Gasteiger partial charge in [-0.3, -0.25) is 0 Å². The SMILES string of the molecule is COc1ccccc1CCNC[C@H](C)O.